The molecule has 0 atom stereocenters. The van der Waals surface area contributed by atoms with Gasteiger partial charge in [-0.2, -0.15) is 0 Å². The maximum Gasteiger partial charge on any atom is 0.150 e. The number of benzene rings is 2. The van der Waals surface area contributed by atoms with Crippen LogP contribution in [0.25, 0.3) is 21.8 Å². The van der Waals surface area contributed by atoms with Crippen molar-refractivity contribution < 1.29 is 9.13 Å². The number of aryl methyl sites for hydroxylation is 3. The Labute approximate surface area is 175 Å². The highest BCUT2D eigenvalue weighted by atomic mass is 19.1. The van der Waals surface area contributed by atoms with E-state index in [4.69, 9.17) is 10.5 Å². The summed E-state index contributed by atoms with van der Waals surface area (Å²) in [5, 5.41) is 1.79. The first-order chi connectivity index (χ1) is 14.6. The summed E-state index contributed by atoms with van der Waals surface area (Å²) in [6.45, 7) is 0.823. The third-order valence-electron chi connectivity index (χ3n) is 5.47. The lowest BCUT2D eigenvalue weighted by molar-refractivity contribution is 0.193. The van der Waals surface area contributed by atoms with Crippen LogP contribution in [0.4, 0.5) is 10.2 Å². The summed E-state index contributed by atoms with van der Waals surface area (Å²) in [6.07, 6.45) is 6.99. The Morgan fingerprint density at radius 3 is 2.37 bits per heavy atom. The Morgan fingerprint density at radius 1 is 0.867 bits per heavy atom. The van der Waals surface area contributed by atoms with Gasteiger partial charge in [0.05, 0.1) is 5.52 Å². The smallest absolute Gasteiger partial charge is 0.150 e. The number of fused-ring (bicyclic) bond motifs is 3. The molecule has 0 saturated heterocycles. The van der Waals surface area contributed by atoms with Crippen LogP contribution in [0.3, 0.4) is 0 Å². The lowest BCUT2D eigenvalue weighted by Crippen LogP contribution is -1.98. The molecule has 30 heavy (non-hydrogen) atoms. The molecular weight excluding hydrogens is 377 g/mol. The monoisotopic (exact) mass is 403 g/mol. The maximum absolute atomic E-state index is 13.6. The van der Waals surface area contributed by atoms with Crippen molar-refractivity contribution in [1.29, 1.82) is 0 Å². The molecule has 0 aliphatic carbocycles. The molecule has 0 unspecified atom stereocenters. The van der Waals surface area contributed by atoms with Gasteiger partial charge in [0.25, 0.3) is 0 Å². The molecule has 2 aromatic heterocycles. The zero-order valence-electron chi connectivity index (χ0n) is 17.2. The molecule has 2 heterocycles. The molecule has 5 heteroatoms. The quantitative estimate of drug-likeness (QED) is 0.322. The molecule has 154 valence electrons. The normalized spacial score (nSPS) is 11.4. The van der Waals surface area contributed by atoms with Gasteiger partial charge in [0.15, 0.2) is 5.82 Å². The SMILES string of the molecule is COCCCCc1ccc(CCc2cnc3c(N)nc4cc(F)ccc4c3c2)cc1. The minimum atomic E-state index is -0.319. The van der Waals surface area contributed by atoms with Crippen LogP contribution in [0.5, 0.6) is 0 Å². The number of ether oxygens (including phenoxy) is 1. The number of aromatic nitrogens is 2. The second-order valence-electron chi connectivity index (χ2n) is 7.66. The van der Waals surface area contributed by atoms with Crippen LogP contribution in [-0.4, -0.2) is 23.7 Å². The molecule has 4 nitrogen and oxygen atoms in total. The summed E-state index contributed by atoms with van der Waals surface area (Å²) in [6, 6.07) is 15.6. The fourth-order valence-electron chi connectivity index (χ4n) is 3.80. The molecule has 4 aromatic rings. The summed E-state index contributed by atoms with van der Waals surface area (Å²) < 4.78 is 18.7. The van der Waals surface area contributed by atoms with Gasteiger partial charge in [0.2, 0.25) is 0 Å². The van der Waals surface area contributed by atoms with E-state index in [1.165, 1.54) is 23.3 Å². The van der Waals surface area contributed by atoms with Crippen molar-refractivity contribution in [2.45, 2.75) is 32.1 Å². The average molecular weight is 404 g/mol. The Balaban J connectivity index is 1.48. The number of anilines is 1. The fraction of sp³-hybridized carbons (Fsp3) is 0.280. The van der Waals surface area contributed by atoms with Gasteiger partial charge in [0, 0.05) is 36.8 Å². The minimum Gasteiger partial charge on any atom is -0.385 e. The van der Waals surface area contributed by atoms with Crippen molar-refractivity contribution in [1.82, 2.24) is 9.97 Å². The largest absolute Gasteiger partial charge is 0.385 e. The Morgan fingerprint density at radius 2 is 1.60 bits per heavy atom. The number of unbranched alkanes of at least 4 members (excludes halogenated alkanes) is 1. The second-order valence-corrected chi connectivity index (χ2v) is 7.66. The number of rotatable bonds is 8. The van der Waals surface area contributed by atoms with Crippen molar-refractivity contribution in [2.75, 3.05) is 19.5 Å². The summed E-state index contributed by atoms with van der Waals surface area (Å²) in [4.78, 5) is 8.83. The van der Waals surface area contributed by atoms with E-state index in [1.807, 2.05) is 6.20 Å². The highest BCUT2D eigenvalue weighted by Gasteiger charge is 2.09. The van der Waals surface area contributed by atoms with E-state index >= 15 is 0 Å². The first-order valence-corrected chi connectivity index (χ1v) is 10.3. The summed E-state index contributed by atoms with van der Waals surface area (Å²) in [7, 11) is 1.74. The number of methoxy groups -OCH3 is 1. The molecular formula is C25H26FN3O. The Kier molecular flexibility index (Phi) is 6.19. The van der Waals surface area contributed by atoms with Crippen LogP contribution < -0.4 is 5.73 Å². The zero-order chi connectivity index (χ0) is 20.9. The van der Waals surface area contributed by atoms with Crippen molar-refractivity contribution >= 4 is 27.6 Å². The van der Waals surface area contributed by atoms with Crippen molar-refractivity contribution in [3.63, 3.8) is 0 Å². The van der Waals surface area contributed by atoms with Gasteiger partial charge in [-0.3, -0.25) is 4.98 Å². The highest BCUT2D eigenvalue weighted by Crippen LogP contribution is 2.28. The number of pyridine rings is 2. The topological polar surface area (TPSA) is 61.0 Å². The first kappa shape index (κ1) is 20.2. The molecule has 0 fully saturated rings. The molecule has 0 saturated carbocycles. The molecule has 0 aliphatic rings. The molecule has 4 rings (SSSR count). The lowest BCUT2D eigenvalue weighted by Gasteiger charge is -2.09. The van der Waals surface area contributed by atoms with E-state index in [9.17, 15) is 4.39 Å². The third-order valence-corrected chi connectivity index (χ3v) is 5.47. The molecule has 0 bridgehead atoms. The van der Waals surface area contributed by atoms with Crippen molar-refractivity contribution in [3.8, 4) is 0 Å². The second kappa shape index (κ2) is 9.18. The van der Waals surface area contributed by atoms with Gasteiger partial charge >= 0.3 is 0 Å². The standard InChI is InChI=1S/C25H26FN3O/c1-30-13-3-2-4-17-5-7-18(8-6-17)9-10-19-14-22-21-12-11-20(26)15-23(21)29-25(27)24(22)28-16-19/h5-8,11-12,14-16H,2-4,9-10,13H2,1H3,(H2,27,29). The van der Waals surface area contributed by atoms with E-state index in [-0.39, 0.29) is 5.82 Å². The zero-order valence-corrected chi connectivity index (χ0v) is 17.2. The number of nitrogens with two attached hydrogens (primary N) is 1. The van der Waals surface area contributed by atoms with Gasteiger partial charge in [-0.05, 0) is 67.0 Å². The van der Waals surface area contributed by atoms with Crippen molar-refractivity contribution in [3.05, 3.63) is 77.2 Å². The summed E-state index contributed by atoms with van der Waals surface area (Å²) in [5.41, 5.74) is 11.1. The fourth-order valence-corrected chi connectivity index (χ4v) is 3.80. The number of nitrogen functional groups attached to an aromatic ring is 1. The van der Waals surface area contributed by atoms with Crippen LogP contribution in [0.15, 0.2) is 54.7 Å². The molecule has 0 amide bonds. The molecule has 2 aromatic carbocycles. The summed E-state index contributed by atoms with van der Waals surface area (Å²) in [5.74, 6) is 0.00995. The average Bonchev–Trinajstić information content (AvgIpc) is 2.76. The molecule has 2 N–H and O–H groups in total. The van der Waals surface area contributed by atoms with Gasteiger partial charge < -0.3 is 10.5 Å². The lowest BCUT2D eigenvalue weighted by atomic mass is 10.0. The number of halogens is 1. The van der Waals surface area contributed by atoms with E-state index in [0.29, 0.717) is 16.9 Å². The highest BCUT2D eigenvalue weighted by molar-refractivity contribution is 6.08. The van der Waals surface area contributed by atoms with Gasteiger partial charge in [-0.15, -0.1) is 0 Å². The van der Waals surface area contributed by atoms with Gasteiger partial charge in [-0.25, -0.2) is 9.37 Å². The third kappa shape index (κ3) is 4.57. The Bertz CT molecular complexity index is 1160. The molecule has 0 aliphatic heterocycles. The predicted molar refractivity (Wildman–Crippen MR) is 120 cm³/mol. The van der Waals surface area contributed by atoms with E-state index in [2.05, 4.69) is 40.3 Å². The van der Waals surface area contributed by atoms with Crippen LogP contribution in [-0.2, 0) is 24.0 Å². The van der Waals surface area contributed by atoms with Crippen molar-refractivity contribution in [2.24, 2.45) is 0 Å². The maximum atomic E-state index is 13.6. The molecule has 0 spiro atoms. The van der Waals surface area contributed by atoms with Gasteiger partial charge in [0.1, 0.15) is 11.3 Å². The number of hydrogen-bond donors (Lipinski definition) is 1. The van der Waals surface area contributed by atoms with Crippen LogP contribution >= 0.6 is 0 Å². The van der Waals surface area contributed by atoms with E-state index < -0.39 is 0 Å². The summed E-state index contributed by atoms with van der Waals surface area (Å²) >= 11 is 0. The van der Waals surface area contributed by atoms with E-state index in [0.717, 1.165) is 55.0 Å². The van der Waals surface area contributed by atoms with Crippen LogP contribution in [0.2, 0.25) is 0 Å². The minimum absolute atomic E-state index is 0.319. The number of nitrogens with zero attached hydrogens (tertiary/aromatic N) is 2. The van der Waals surface area contributed by atoms with Crippen LogP contribution in [0.1, 0.15) is 29.5 Å². The van der Waals surface area contributed by atoms with Gasteiger partial charge in [-0.1, -0.05) is 24.3 Å². The van der Waals surface area contributed by atoms with E-state index in [1.54, 1.807) is 13.2 Å². The molecule has 0 radical (unpaired) electrons. The Hall–Kier alpha value is -3.05. The number of hydrogen-bond acceptors (Lipinski definition) is 4. The van der Waals surface area contributed by atoms with Crippen LogP contribution in [0, 0.1) is 5.82 Å². The first-order valence-electron chi connectivity index (χ1n) is 10.3. The predicted octanol–water partition coefficient (Wildman–Crippen LogP) is 5.26.